The first-order valence-electron chi connectivity index (χ1n) is 6.40. The van der Waals surface area contributed by atoms with E-state index in [2.05, 4.69) is 5.32 Å². The Kier molecular flexibility index (Phi) is 5.41. The van der Waals surface area contributed by atoms with Crippen LogP contribution in [-0.4, -0.2) is 45.7 Å². The summed E-state index contributed by atoms with van der Waals surface area (Å²) < 4.78 is 28.3. The van der Waals surface area contributed by atoms with Gasteiger partial charge in [0.25, 0.3) is 0 Å². The monoisotopic (exact) mass is 263 g/mol. The molecule has 0 spiro atoms. The van der Waals surface area contributed by atoms with Crippen LogP contribution >= 0.6 is 0 Å². The van der Waals surface area contributed by atoms with Gasteiger partial charge in [0.15, 0.2) is 0 Å². The van der Waals surface area contributed by atoms with Gasteiger partial charge in [-0.15, -0.1) is 0 Å². The van der Waals surface area contributed by atoms with E-state index in [0.29, 0.717) is 6.42 Å². The fourth-order valence-electron chi connectivity index (χ4n) is 2.80. The SMILES string of the molecule is CCNC(CCS(C)(=O)=O)C1(OC)CCCC1. The van der Waals surface area contributed by atoms with E-state index in [9.17, 15) is 8.42 Å². The van der Waals surface area contributed by atoms with Crippen molar-refractivity contribution in [3.63, 3.8) is 0 Å². The van der Waals surface area contributed by atoms with Crippen molar-refractivity contribution in [3.8, 4) is 0 Å². The van der Waals surface area contributed by atoms with Gasteiger partial charge in [0.1, 0.15) is 9.84 Å². The predicted molar refractivity (Wildman–Crippen MR) is 70.0 cm³/mol. The molecule has 4 nitrogen and oxygen atoms in total. The first kappa shape index (κ1) is 14.9. The second-order valence-electron chi connectivity index (χ2n) is 5.00. The summed E-state index contributed by atoms with van der Waals surface area (Å²) in [5.41, 5.74) is -0.152. The first-order valence-corrected chi connectivity index (χ1v) is 8.46. The molecule has 1 atom stereocenters. The van der Waals surface area contributed by atoms with Gasteiger partial charge in [-0.3, -0.25) is 0 Å². The van der Waals surface area contributed by atoms with Gasteiger partial charge in [-0.25, -0.2) is 8.42 Å². The topological polar surface area (TPSA) is 55.4 Å². The minimum Gasteiger partial charge on any atom is -0.377 e. The molecular weight excluding hydrogens is 238 g/mol. The van der Waals surface area contributed by atoms with Gasteiger partial charge in [0.2, 0.25) is 0 Å². The third-order valence-electron chi connectivity index (χ3n) is 3.72. The molecule has 1 fully saturated rings. The van der Waals surface area contributed by atoms with Gasteiger partial charge in [0, 0.05) is 19.4 Å². The van der Waals surface area contributed by atoms with E-state index >= 15 is 0 Å². The number of hydrogen-bond acceptors (Lipinski definition) is 4. The van der Waals surface area contributed by atoms with Crippen LogP contribution in [0.2, 0.25) is 0 Å². The normalized spacial score (nSPS) is 21.6. The fraction of sp³-hybridized carbons (Fsp3) is 1.00. The van der Waals surface area contributed by atoms with Crippen molar-refractivity contribution >= 4 is 9.84 Å². The Morgan fingerprint density at radius 3 is 2.35 bits per heavy atom. The van der Waals surface area contributed by atoms with Crippen molar-refractivity contribution < 1.29 is 13.2 Å². The average molecular weight is 263 g/mol. The van der Waals surface area contributed by atoms with Crippen molar-refractivity contribution in [2.45, 2.75) is 50.7 Å². The van der Waals surface area contributed by atoms with Crippen LogP contribution in [-0.2, 0) is 14.6 Å². The first-order chi connectivity index (χ1) is 7.93. The Morgan fingerprint density at radius 2 is 1.94 bits per heavy atom. The van der Waals surface area contributed by atoms with E-state index < -0.39 is 9.84 Å². The predicted octanol–water partition coefficient (Wildman–Crippen LogP) is 1.36. The van der Waals surface area contributed by atoms with Crippen molar-refractivity contribution in [2.75, 3.05) is 25.7 Å². The molecule has 1 aliphatic carbocycles. The maximum absolute atomic E-state index is 11.3. The number of sulfone groups is 1. The molecule has 0 aromatic carbocycles. The molecule has 0 amide bonds. The van der Waals surface area contributed by atoms with Gasteiger partial charge in [-0.05, 0) is 25.8 Å². The zero-order chi connectivity index (χ0) is 12.9. The summed E-state index contributed by atoms with van der Waals surface area (Å²) in [6, 6.07) is 0.148. The molecule has 1 aliphatic rings. The van der Waals surface area contributed by atoms with Gasteiger partial charge < -0.3 is 10.1 Å². The fourth-order valence-corrected chi connectivity index (χ4v) is 3.46. The zero-order valence-corrected chi connectivity index (χ0v) is 12.0. The quantitative estimate of drug-likeness (QED) is 0.753. The largest absolute Gasteiger partial charge is 0.377 e. The number of likely N-dealkylation sites (N-methyl/N-ethyl adjacent to an activating group) is 1. The minimum atomic E-state index is -2.90. The molecule has 1 rings (SSSR count). The van der Waals surface area contributed by atoms with E-state index in [4.69, 9.17) is 4.74 Å². The van der Waals surface area contributed by atoms with Crippen LogP contribution in [0.25, 0.3) is 0 Å². The van der Waals surface area contributed by atoms with E-state index in [1.165, 1.54) is 19.1 Å². The highest BCUT2D eigenvalue weighted by atomic mass is 32.2. The number of rotatable bonds is 7. The molecule has 0 radical (unpaired) electrons. The molecule has 0 aliphatic heterocycles. The summed E-state index contributed by atoms with van der Waals surface area (Å²) in [4.78, 5) is 0. The highest BCUT2D eigenvalue weighted by molar-refractivity contribution is 7.90. The molecule has 0 heterocycles. The van der Waals surface area contributed by atoms with Crippen LogP contribution in [0.5, 0.6) is 0 Å². The molecule has 5 heteroatoms. The molecule has 1 saturated carbocycles. The summed E-state index contributed by atoms with van der Waals surface area (Å²) in [5.74, 6) is 0.232. The minimum absolute atomic E-state index is 0.148. The second kappa shape index (κ2) is 6.16. The van der Waals surface area contributed by atoms with Crippen molar-refractivity contribution in [2.24, 2.45) is 0 Å². The van der Waals surface area contributed by atoms with E-state index in [0.717, 1.165) is 19.4 Å². The molecule has 0 aromatic heterocycles. The lowest BCUT2D eigenvalue weighted by molar-refractivity contribution is -0.0359. The van der Waals surface area contributed by atoms with Crippen LogP contribution in [0.4, 0.5) is 0 Å². The lowest BCUT2D eigenvalue weighted by Gasteiger charge is -2.37. The van der Waals surface area contributed by atoms with E-state index in [1.54, 1.807) is 7.11 Å². The summed E-state index contributed by atoms with van der Waals surface area (Å²) in [6.45, 7) is 2.89. The van der Waals surface area contributed by atoms with Crippen molar-refractivity contribution in [1.82, 2.24) is 5.32 Å². The number of nitrogens with one attached hydrogen (secondary N) is 1. The maximum atomic E-state index is 11.3. The Balaban J connectivity index is 2.69. The van der Waals surface area contributed by atoms with Gasteiger partial charge >= 0.3 is 0 Å². The Bertz CT molecular complexity index is 321. The van der Waals surface area contributed by atoms with Crippen molar-refractivity contribution in [3.05, 3.63) is 0 Å². The van der Waals surface area contributed by atoms with Crippen LogP contribution in [0.1, 0.15) is 39.0 Å². The van der Waals surface area contributed by atoms with Crippen LogP contribution in [0, 0.1) is 0 Å². The lowest BCUT2D eigenvalue weighted by atomic mass is 9.90. The highest BCUT2D eigenvalue weighted by Crippen LogP contribution is 2.36. The van der Waals surface area contributed by atoms with Gasteiger partial charge in [-0.2, -0.15) is 0 Å². The van der Waals surface area contributed by atoms with Crippen LogP contribution in [0.15, 0.2) is 0 Å². The lowest BCUT2D eigenvalue weighted by Crippen LogP contribution is -2.51. The summed E-state index contributed by atoms with van der Waals surface area (Å²) in [7, 11) is -1.15. The molecule has 102 valence electrons. The molecule has 1 N–H and O–H groups in total. The Labute approximate surface area is 105 Å². The molecule has 1 unspecified atom stereocenters. The molecule has 0 aromatic rings. The van der Waals surface area contributed by atoms with Crippen LogP contribution in [0.3, 0.4) is 0 Å². The third-order valence-corrected chi connectivity index (χ3v) is 4.70. The second-order valence-corrected chi connectivity index (χ2v) is 7.26. The Hall–Kier alpha value is -0.130. The van der Waals surface area contributed by atoms with Gasteiger partial charge in [0.05, 0.1) is 11.4 Å². The summed E-state index contributed by atoms with van der Waals surface area (Å²) in [5, 5.41) is 3.40. The smallest absolute Gasteiger partial charge is 0.147 e. The maximum Gasteiger partial charge on any atom is 0.147 e. The molecule has 17 heavy (non-hydrogen) atoms. The number of methoxy groups -OCH3 is 1. The number of hydrogen-bond donors (Lipinski definition) is 1. The molecular formula is C12H25NO3S. The van der Waals surface area contributed by atoms with E-state index in [-0.39, 0.29) is 17.4 Å². The average Bonchev–Trinajstić information content (AvgIpc) is 2.72. The van der Waals surface area contributed by atoms with Gasteiger partial charge in [-0.1, -0.05) is 19.8 Å². The third kappa shape index (κ3) is 4.23. The molecule has 0 saturated heterocycles. The standard InChI is InChI=1S/C12H25NO3S/c1-4-13-11(7-10-17(3,14)15)12(16-2)8-5-6-9-12/h11,13H,4-10H2,1-3H3. The van der Waals surface area contributed by atoms with E-state index in [1.807, 2.05) is 6.92 Å². The summed E-state index contributed by atoms with van der Waals surface area (Å²) in [6.07, 6.45) is 6.35. The number of ether oxygens (including phenoxy) is 1. The highest BCUT2D eigenvalue weighted by Gasteiger charge is 2.41. The Morgan fingerprint density at radius 1 is 1.35 bits per heavy atom. The van der Waals surface area contributed by atoms with Crippen molar-refractivity contribution in [1.29, 1.82) is 0 Å². The zero-order valence-electron chi connectivity index (χ0n) is 11.2. The molecule has 0 bridgehead atoms. The van der Waals surface area contributed by atoms with Crippen LogP contribution < -0.4 is 5.32 Å². The summed E-state index contributed by atoms with van der Waals surface area (Å²) >= 11 is 0.